The van der Waals surface area contributed by atoms with Crippen molar-refractivity contribution in [3.8, 4) is 11.8 Å². The van der Waals surface area contributed by atoms with Gasteiger partial charge in [-0.1, -0.05) is 11.6 Å². The van der Waals surface area contributed by atoms with E-state index in [2.05, 4.69) is 14.9 Å². The number of phenols is 1. The van der Waals surface area contributed by atoms with Crippen LogP contribution in [0.3, 0.4) is 0 Å². The molecule has 0 aliphatic carbocycles. The van der Waals surface area contributed by atoms with Crippen molar-refractivity contribution in [2.75, 3.05) is 56.6 Å². The van der Waals surface area contributed by atoms with E-state index in [4.69, 9.17) is 26.8 Å². The highest BCUT2D eigenvalue weighted by Gasteiger charge is 2.25. The summed E-state index contributed by atoms with van der Waals surface area (Å²) in [5.74, 6) is -0.273. The minimum absolute atomic E-state index is 0.0892. The van der Waals surface area contributed by atoms with Crippen LogP contribution >= 0.6 is 11.6 Å². The number of nitrogen functional groups attached to an aromatic ring is 1. The summed E-state index contributed by atoms with van der Waals surface area (Å²) in [4.78, 5) is 12.9. The van der Waals surface area contributed by atoms with E-state index in [1.54, 1.807) is 4.90 Å². The maximum Gasteiger partial charge on any atom is 0.318 e. The molecule has 1 fully saturated rings. The second-order valence-electron chi connectivity index (χ2n) is 7.40. The van der Waals surface area contributed by atoms with Gasteiger partial charge >= 0.3 is 6.01 Å². The molecular weight excluding hydrogens is 413 g/mol. The lowest BCUT2D eigenvalue weighted by atomic mass is 10.0. The molecule has 2 aliphatic rings. The molecule has 30 heavy (non-hydrogen) atoms. The first-order chi connectivity index (χ1) is 14.5. The number of ether oxygens (including phenoxy) is 2. The van der Waals surface area contributed by atoms with Gasteiger partial charge in [0.1, 0.15) is 11.6 Å². The molecule has 0 radical (unpaired) electrons. The molecule has 0 unspecified atom stereocenters. The van der Waals surface area contributed by atoms with Crippen molar-refractivity contribution in [1.82, 2.24) is 14.9 Å². The zero-order chi connectivity index (χ0) is 21.1. The average molecular weight is 438 g/mol. The summed E-state index contributed by atoms with van der Waals surface area (Å²) in [6.45, 7) is 5.66. The Hall–Kier alpha value is -2.36. The number of benzene rings is 1. The van der Waals surface area contributed by atoms with Crippen molar-refractivity contribution in [2.24, 2.45) is 0 Å². The normalized spacial score (nSPS) is 17.1. The van der Waals surface area contributed by atoms with Gasteiger partial charge in [-0.2, -0.15) is 9.97 Å². The van der Waals surface area contributed by atoms with Crippen LogP contribution in [0.1, 0.15) is 17.7 Å². The van der Waals surface area contributed by atoms with E-state index in [1.807, 2.05) is 0 Å². The Kier molecular flexibility index (Phi) is 6.40. The number of hydrogen-bond acceptors (Lipinski definition) is 8. The minimum Gasteiger partial charge on any atom is -0.508 e. The number of nitrogens with zero attached hydrogens (tertiary/aromatic N) is 4. The first kappa shape index (κ1) is 20.9. The Labute approximate surface area is 179 Å². The summed E-state index contributed by atoms with van der Waals surface area (Å²) in [5.41, 5.74) is 7.89. The lowest BCUT2D eigenvalue weighted by Gasteiger charge is -2.31. The summed E-state index contributed by atoms with van der Waals surface area (Å²) < 4.78 is 25.6. The third-order valence-corrected chi connectivity index (χ3v) is 5.64. The molecule has 0 atom stereocenters. The van der Waals surface area contributed by atoms with Gasteiger partial charge in [-0.05, 0) is 12.8 Å². The van der Waals surface area contributed by atoms with Crippen LogP contribution in [0.2, 0.25) is 5.02 Å². The fraction of sp³-hybridized carbons (Fsp3) is 0.500. The SMILES string of the molecule is Nc1nc(OCCCN2CCOCC2)nc2c1CCN(c1cc(O)cc(Cl)c1F)C2. The smallest absolute Gasteiger partial charge is 0.318 e. The molecule has 0 spiro atoms. The van der Waals surface area contributed by atoms with E-state index in [9.17, 15) is 9.50 Å². The van der Waals surface area contributed by atoms with Crippen LogP contribution in [-0.4, -0.2) is 66.0 Å². The van der Waals surface area contributed by atoms with Gasteiger partial charge in [0, 0.05) is 43.9 Å². The number of aromatic nitrogens is 2. The van der Waals surface area contributed by atoms with E-state index >= 15 is 0 Å². The molecule has 2 aromatic rings. The molecule has 1 saturated heterocycles. The molecule has 8 nitrogen and oxygen atoms in total. The third kappa shape index (κ3) is 4.69. The number of aromatic hydroxyl groups is 1. The van der Waals surface area contributed by atoms with Crippen LogP contribution in [0, 0.1) is 5.82 Å². The van der Waals surface area contributed by atoms with Gasteiger partial charge in [0.25, 0.3) is 0 Å². The van der Waals surface area contributed by atoms with Crippen molar-refractivity contribution in [1.29, 1.82) is 0 Å². The molecule has 0 saturated carbocycles. The lowest BCUT2D eigenvalue weighted by Crippen LogP contribution is -2.37. The van der Waals surface area contributed by atoms with Gasteiger partial charge in [-0.25, -0.2) is 4.39 Å². The standard InChI is InChI=1S/C20H25ClFN5O3/c21-15-10-13(28)11-17(18(15)22)27-4-2-14-16(12-27)24-20(25-19(14)23)30-7-1-3-26-5-8-29-9-6-26/h10-11,28H,1-9,12H2,(H2,23,24,25). The number of halogens is 2. The molecule has 1 aromatic heterocycles. The second-order valence-corrected chi connectivity index (χ2v) is 7.81. The third-order valence-electron chi connectivity index (χ3n) is 5.36. The minimum atomic E-state index is -0.570. The van der Waals surface area contributed by atoms with Crippen LogP contribution in [0.25, 0.3) is 0 Å². The molecular formula is C20H25ClFN5O3. The molecule has 0 bridgehead atoms. The Bertz CT molecular complexity index is 910. The quantitative estimate of drug-likeness (QED) is 0.664. The molecule has 3 heterocycles. The molecule has 2 aliphatic heterocycles. The van der Waals surface area contributed by atoms with Crippen molar-refractivity contribution < 1.29 is 19.0 Å². The van der Waals surface area contributed by atoms with Gasteiger partial charge in [-0.15, -0.1) is 0 Å². The molecule has 4 rings (SSSR count). The maximum absolute atomic E-state index is 14.5. The first-order valence-electron chi connectivity index (χ1n) is 10.0. The van der Waals surface area contributed by atoms with E-state index in [1.165, 1.54) is 12.1 Å². The van der Waals surface area contributed by atoms with Crippen molar-refractivity contribution in [3.05, 3.63) is 34.2 Å². The van der Waals surface area contributed by atoms with Gasteiger partial charge < -0.3 is 25.2 Å². The molecule has 162 valence electrons. The van der Waals surface area contributed by atoms with Gasteiger partial charge in [0.2, 0.25) is 0 Å². The van der Waals surface area contributed by atoms with Gasteiger partial charge in [-0.3, -0.25) is 4.90 Å². The molecule has 1 aromatic carbocycles. The summed E-state index contributed by atoms with van der Waals surface area (Å²) in [6.07, 6.45) is 1.41. The first-order valence-corrected chi connectivity index (χ1v) is 10.4. The van der Waals surface area contributed by atoms with Crippen LogP contribution in [0.5, 0.6) is 11.8 Å². The van der Waals surface area contributed by atoms with Crippen LogP contribution in [0.4, 0.5) is 15.9 Å². The number of nitrogens with two attached hydrogens (primary N) is 1. The fourth-order valence-electron chi connectivity index (χ4n) is 3.77. The number of rotatable bonds is 6. The van der Waals surface area contributed by atoms with E-state index in [0.717, 1.165) is 44.8 Å². The van der Waals surface area contributed by atoms with Crippen molar-refractivity contribution in [2.45, 2.75) is 19.4 Å². The highest BCUT2D eigenvalue weighted by atomic mass is 35.5. The van der Waals surface area contributed by atoms with Crippen LogP contribution < -0.4 is 15.4 Å². The maximum atomic E-state index is 14.5. The summed E-state index contributed by atoms with van der Waals surface area (Å²) in [6, 6.07) is 2.77. The average Bonchev–Trinajstić information content (AvgIpc) is 2.74. The summed E-state index contributed by atoms with van der Waals surface area (Å²) >= 11 is 5.88. The Balaban J connectivity index is 1.41. The van der Waals surface area contributed by atoms with E-state index < -0.39 is 5.82 Å². The monoisotopic (exact) mass is 437 g/mol. The molecule has 0 amide bonds. The fourth-order valence-corrected chi connectivity index (χ4v) is 3.98. The number of fused-ring (bicyclic) bond motifs is 1. The Morgan fingerprint density at radius 3 is 2.83 bits per heavy atom. The molecule has 3 N–H and O–H groups in total. The summed E-state index contributed by atoms with van der Waals surface area (Å²) in [5, 5.41) is 9.67. The van der Waals surface area contributed by atoms with E-state index in [0.29, 0.717) is 37.6 Å². The van der Waals surface area contributed by atoms with E-state index in [-0.39, 0.29) is 22.5 Å². The Morgan fingerprint density at radius 2 is 2.03 bits per heavy atom. The predicted molar refractivity (Wildman–Crippen MR) is 112 cm³/mol. The second kappa shape index (κ2) is 9.20. The summed E-state index contributed by atoms with van der Waals surface area (Å²) in [7, 11) is 0. The van der Waals surface area contributed by atoms with Crippen LogP contribution in [-0.2, 0) is 17.7 Å². The zero-order valence-electron chi connectivity index (χ0n) is 16.6. The predicted octanol–water partition coefficient (Wildman–Crippen LogP) is 2.22. The zero-order valence-corrected chi connectivity index (χ0v) is 17.4. The Morgan fingerprint density at radius 1 is 1.23 bits per heavy atom. The molecule has 10 heteroatoms. The number of phenolic OH excluding ortho intramolecular Hbond substituents is 1. The van der Waals surface area contributed by atoms with Gasteiger partial charge in [0.15, 0.2) is 5.82 Å². The number of morpholine rings is 1. The van der Waals surface area contributed by atoms with Crippen molar-refractivity contribution >= 4 is 23.1 Å². The topological polar surface area (TPSA) is 97.0 Å². The largest absolute Gasteiger partial charge is 0.508 e. The highest BCUT2D eigenvalue weighted by Crippen LogP contribution is 2.34. The van der Waals surface area contributed by atoms with Crippen molar-refractivity contribution in [3.63, 3.8) is 0 Å². The number of anilines is 2. The van der Waals surface area contributed by atoms with Gasteiger partial charge in [0.05, 0.1) is 42.8 Å². The van der Waals surface area contributed by atoms with Crippen LogP contribution in [0.15, 0.2) is 12.1 Å². The number of hydrogen-bond donors (Lipinski definition) is 2. The highest BCUT2D eigenvalue weighted by molar-refractivity contribution is 6.31. The lowest BCUT2D eigenvalue weighted by molar-refractivity contribution is 0.0356.